The molecular weight excluding hydrogens is 242 g/mol. The van der Waals surface area contributed by atoms with Crippen molar-refractivity contribution in [2.75, 3.05) is 26.2 Å². The molecule has 3 N–H and O–H groups in total. The molecule has 0 spiro atoms. The van der Waals surface area contributed by atoms with Crippen molar-refractivity contribution in [3.8, 4) is 0 Å². The number of rotatable bonds is 4. The fourth-order valence-corrected chi connectivity index (χ4v) is 2.72. The van der Waals surface area contributed by atoms with Gasteiger partial charge in [0.15, 0.2) is 0 Å². The maximum absolute atomic E-state index is 5.94. The number of thiocarbonyl (C=S) groups is 1. The summed E-state index contributed by atoms with van der Waals surface area (Å²) in [6.45, 7) is 6.17. The van der Waals surface area contributed by atoms with Crippen LogP contribution in [0.25, 0.3) is 0 Å². The van der Waals surface area contributed by atoms with E-state index in [2.05, 4.69) is 41.4 Å². The standard InChI is InChI=1S/C14H21N3S/c1-2-11-3-5-12(6-4-11)13(14(15)18)17-9-7-16-8-10-17/h3-6,13,16H,2,7-10H2,1H3,(H2,15,18). The molecule has 0 aliphatic carbocycles. The molecule has 1 unspecified atom stereocenters. The first-order valence-electron chi connectivity index (χ1n) is 6.55. The van der Waals surface area contributed by atoms with Crippen LogP contribution in [0.15, 0.2) is 24.3 Å². The summed E-state index contributed by atoms with van der Waals surface area (Å²) in [5.41, 5.74) is 8.50. The highest BCUT2D eigenvalue weighted by molar-refractivity contribution is 7.80. The molecule has 18 heavy (non-hydrogen) atoms. The largest absolute Gasteiger partial charge is 0.392 e. The third-order valence-electron chi connectivity index (χ3n) is 3.49. The lowest BCUT2D eigenvalue weighted by Crippen LogP contribution is -2.48. The molecule has 0 aromatic heterocycles. The van der Waals surface area contributed by atoms with E-state index in [4.69, 9.17) is 18.0 Å². The molecule has 1 aromatic rings. The van der Waals surface area contributed by atoms with Crippen LogP contribution in [0, 0.1) is 0 Å². The molecule has 1 saturated heterocycles. The monoisotopic (exact) mass is 263 g/mol. The molecule has 1 heterocycles. The van der Waals surface area contributed by atoms with Crippen LogP contribution in [-0.2, 0) is 6.42 Å². The van der Waals surface area contributed by atoms with Gasteiger partial charge in [0.05, 0.1) is 11.0 Å². The van der Waals surface area contributed by atoms with E-state index in [1.54, 1.807) is 0 Å². The number of hydrogen-bond donors (Lipinski definition) is 2. The first-order valence-corrected chi connectivity index (χ1v) is 6.96. The second-order valence-electron chi connectivity index (χ2n) is 4.69. The zero-order valence-corrected chi connectivity index (χ0v) is 11.7. The Bertz CT molecular complexity index is 396. The van der Waals surface area contributed by atoms with Crippen molar-refractivity contribution >= 4 is 17.2 Å². The maximum atomic E-state index is 5.94. The fourth-order valence-electron chi connectivity index (χ4n) is 2.43. The van der Waals surface area contributed by atoms with Gasteiger partial charge in [-0.1, -0.05) is 43.4 Å². The number of aryl methyl sites for hydroxylation is 1. The van der Waals surface area contributed by atoms with Crippen molar-refractivity contribution in [1.29, 1.82) is 0 Å². The quantitative estimate of drug-likeness (QED) is 0.808. The molecule has 1 aliphatic rings. The van der Waals surface area contributed by atoms with Crippen molar-refractivity contribution in [2.45, 2.75) is 19.4 Å². The molecule has 0 radical (unpaired) electrons. The molecule has 4 heteroatoms. The lowest BCUT2D eigenvalue weighted by Gasteiger charge is -2.34. The SMILES string of the molecule is CCc1ccc(C(C(N)=S)N2CCNCC2)cc1. The van der Waals surface area contributed by atoms with Crippen LogP contribution in [0.5, 0.6) is 0 Å². The molecule has 1 atom stereocenters. The van der Waals surface area contributed by atoms with Gasteiger partial charge in [-0.25, -0.2) is 0 Å². The van der Waals surface area contributed by atoms with Crippen LogP contribution in [0.2, 0.25) is 0 Å². The molecule has 0 saturated carbocycles. The van der Waals surface area contributed by atoms with Crippen molar-refractivity contribution in [1.82, 2.24) is 10.2 Å². The fraction of sp³-hybridized carbons (Fsp3) is 0.500. The van der Waals surface area contributed by atoms with E-state index >= 15 is 0 Å². The molecule has 1 aliphatic heterocycles. The minimum atomic E-state index is 0.0769. The van der Waals surface area contributed by atoms with Gasteiger partial charge in [-0.15, -0.1) is 0 Å². The summed E-state index contributed by atoms with van der Waals surface area (Å²) in [6, 6.07) is 8.73. The average Bonchev–Trinajstić information content (AvgIpc) is 2.40. The molecule has 1 fully saturated rings. The van der Waals surface area contributed by atoms with Crippen molar-refractivity contribution in [2.24, 2.45) is 5.73 Å². The van der Waals surface area contributed by atoms with Crippen LogP contribution in [0.1, 0.15) is 24.1 Å². The number of nitrogens with zero attached hydrogens (tertiary/aromatic N) is 1. The van der Waals surface area contributed by atoms with Crippen LogP contribution >= 0.6 is 12.2 Å². The zero-order valence-electron chi connectivity index (χ0n) is 10.9. The Hall–Kier alpha value is -0.970. The van der Waals surface area contributed by atoms with E-state index < -0.39 is 0 Å². The van der Waals surface area contributed by atoms with E-state index in [1.165, 1.54) is 11.1 Å². The van der Waals surface area contributed by atoms with Crippen molar-refractivity contribution in [3.05, 3.63) is 35.4 Å². The van der Waals surface area contributed by atoms with Crippen LogP contribution in [-0.4, -0.2) is 36.1 Å². The predicted octanol–water partition coefficient (Wildman–Crippen LogP) is 1.48. The van der Waals surface area contributed by atoms with Crippen LogP contribution in [0.3, 0.4) is 0 Å². The molecule has 2 rings (SSSR count). The lowest BCUT2D eigenvalue weighted by atomic mass is 10.0. The van der Waals surface area contributed by atoms with E-state index in [0.29, 0.717) is 4.99 Å². The number of nitrogens with two attached hydrogens (primary N) is 1. The Kier molecular flexibility index (Phi) is 4.69. The number of piperazine rings is 1. The van der Waals surface area contributed by atoms with Gasteiger partial charge in [-0.3, -0.25) is 4.90 Å². The van der Waals surface area contributed by atoms with Gasteiger partial charge < -0.3 is 11.1 Å². The van der Waals surface area contributed by atoms with Gasteiger partial charge in [0.25, 0.3) is 0 Å². The van der Waals surface area contributed by atoms with Gasteiger partial charge in [0.1, 0.15) is 0 Å². The number of nitrogens with one attached hydrogen (secondary N) is 1. The Labute approximate surface area is 114 Å². The highest BCUT2D eigenvalue weighted by Gasteiger charge is 2.24. The average molecular weight is 263 g/mol. The summed E-state index contributed by atoms with van der Waals surface area (Å²) in [6.07, 6.45) is 1.06. The second-order valence-corrected chi connectivity index (χ2v) is 5.16. The third-order valence-corrected chi connectivity index (χ3v) is 3.71. The smallest absolute Gasteiger partial charge is 0.0948 e. The van der Waals surface area contributed by atoms with Gasteiger partial charge >= 0.3 is 0 Å². The van der Waals surface area contributed by atoms with Crippen LogP contribution < -0.4 is 11.1 Å². The normalized spacial score (nSPS) is 18.5. The summed E-state index contributed by atoms with van der Waals surface area (Å²) >= 11 is 5.26. The molecule has 98 valence electrons. The van der Waals surface area contributed by atoms with E-state index in [-0.39, 0.29) is 6.04 Å². The van der Waals surface area contributed by atoms with Gasteiger partial charge in [0.2, 0.25) is 0 Å². The molecular formula is C14H21N3S. The highest BCUT2D eigenvalue weighted by atomic mass is 32.1. The maximum Gasteiger partial charge on any atom is 0.0948 e. The second kappa shape index (κ2) is 6.27. The Balaban J connectivity index is 2.20. The third kappa shape index (κ3) is 3.07. The Morgan fingerprint density at radius 1 is 1.33 bits per heavy atom. The topological polar surface area (TPSA) is 41.3 Å². The van der Waals surface area contributed by atoms with Gasteiger partial charge in [-0.2, -0.15) is 0 Å². The van der Waals surface area contributed by atoms with Crippen molar-refractivity contribution in [3.63, 3.8) is 0 Å². The first kappa shape index (κ1) is 13.5. The van der Waals surface area contributed by atoms with Crippen molar-refractivity contribution < 1.29 is 0 Å². The molecule has 0 amide bonds. The van der Waals surface area contributed by atoms with E-state index in [1.807, 2.05) is 0 Å². The first-order chi connectivity index (χ1) is 8.72. The molecule has 3 nitrogen and oxygen atoms in total. The summed E-state index contributed by atoms with van der Waals surface area (Å²) in [5, 5.41) is 3.35. The predicted molar refractivity (Wildman–Crippen MR) is 79.8 cm³/mol. The Morgan fingerprint density at radius 3 is 2.44 bits per heavy atom. The minimum Gasteiger partial charge on any atom is -0.392 e. The summed E-state index contributed by atoms with van der Waals surface area (Å²) in [4.78, 5) is 2.93. The number of hydrogen-bond acceptors (Lipinski definition) is 3. The highest BCUT2D eigenvalue weighted by Crippen LogP contribution is 2.22. The molecule has 0 bridgehead atoms. The number of benzene rings is 1. The molecule has 1 aromatic carbocycles. The van der Waals surface area contributed by atoms with Gasteiger partial charge in [-0.05, 0) is 17.5 Å². The summed E-state index contributed by atoms with van der Waals surface area (Å²) < 4.78 is 0. The Morgan fingerprint density at radius 2 is 1.94 bits per heavy atom. The zero-order chi connectivity index (χ0) is 13.0. The summed E-state index contributed by atoms with van der Waals surface area (Å²) in [7, 11) is 0. The lowest BCUT2D eigenvalue weighted by molar-refractivity contribution is 0.215. The summed E-state index contributed by atoms with van der Waals surface area (Å²) in [5.74, 6) is 0. The minimum absolute atomic E-state index is 0.0769. The van der Waals surface area contributed by atoms with Crippen LogP contribution in [0.4, 0.5) is 0 Å². The van der Waals surface area contributed by atoms with E-state index in [9.17, 15) is 0 Å². The van der Waals surface area contributed by atoms with E-state index in [0.717, 1.165) is 32.6 Å². The van der Waals surface area contributed by atoms with Gasteiger partial charge in [0, 0.05) is 26.2 Å².